The predicted octanol–water partition coefficient (Wildman–Crippen LogP) is 1.28. The molecule has 0 N–H and O–H groups in total. The van der Waals surface area contributed by atoms with Gasteiger partial charge in [0.1, 0.15) is 0 Å². The summed E-state index contributed by atoms with van der Waals surface area (Å²) in [4.78, 5) is 2.45. The second kappa shape index (κ2) is 4.17. The molecule has 0 radical (unpaired) electrons. The first-order valence-corrected chi connectivity index (χ1v) is 5.64. The zero-order valence-electron chi connectivity index (χ0n) is 9.29. The highest BCUT2D eigenvalue weighted by Crippen LogP contribution is 2.29. The Kier molecular flexibility index (Phi) is 3.10. The van der Waals surface area contributed by atoms with Gasteiger partial charge >= 0.3 is 0 Å². The zero-order valence-corrected chi connectivity index (χ0v) is 9.29. The molecular formula is C11H21NO2. The number of hydrogen-bond donors (Lipinski definition) is 0. The van der Waals surface area contributed by atoms with Gasteiger partial charge in [0, 0.05) is 19.6 Å². The third kappa shape index (κ3) is 2.69. The summed E-state index contributed by atoms with van der Waals surface area (Å²) in [6.45, 7) is 9.37. The molecular weight excluding hydrogens is 178 g/mol. The minimum atomic E-state index is 0.108. The van der Waals surface area contributed by atoms with Crippen LogP contribution in [0.3, 0.4) is 0 Å². The lowest BCUT2D eigenvalue weighted by atomic mass is 10.1. The topological polar surface area (TPSA) is 21.7 Å². The van der Waals surface area contributed by atoms with E-state index >= 15 is 0 Å². The van der Waals surface area contributed by atoms with Crippen molar-refractivity contribution in [2.45, 2.75) is 38.4 Å². The highest BCUT2D eigenvalue weighted by atomic mass is 16.5. The van der Waals surface area contributed by atoms with Crippen molar-refractivity contribution in [3.8, 4) is 0 Å². The molecule has 2 aliphatic rings. The molecule has 0 amide bonds. The molecule has 0 spiro atoms. The summed E-state index contributed by atoms with van der Waals surface area (Å²) in [5.41, 5.74) is 0.108. The van der Waals surface area contributed by atoms with Crippen LogP contribution in [0.2, 0.25) is 0 Å². The average molecular weight is 199 g/mol. The monoisotopic (exact) mass is 199 g/mol. The lowest BCUT2D eigenvalue weighted by molar-refractivity contribution is -0.0432. The van der Waals surface area contributed by atoms with Gasteiger partial charge in [-0.1, -0.05) is 0 Å². The molecule has 2 fully saturated rings. The van der Waals surface area contributed by atoms with Crippen LogP contribution in [0.5, 0.6) is 0 Å². The van der Waals surface area contributed by atoms with Crippen LogP contribution in [-0.4, -0.2) is 49.5 Å². The molecule has 82 valence electrons. The van der Waals surface area contributed by atoms with E-state index in [0.717, 1.165) is 32.8 Å². The van der Waals surface area contributed by atoms with Crippen LogP contribution in [0, 0.1) is 0 Å². The van der Waals surface area contributed by atoms with E-state index in [4.69, 9.17) is 9.47 Å². The van der Waals surface area contributed by atoms with Gasteiger partial charge in [0.2, 0.25) is 0 Å². The lowest BCUT2D eigenvalue weighted by Gasteiger charge is -2.29. The van der Waals surface area contributed by atoms with Crippen LogP contribution >= 0.6 is 0 Å². The second-order valence-electron chi connectivity index (χ2n) is 4.95. The van der Waals surface area contributed by atoms with Gasteiger partial charge in [0.05, 0.1) is 24.9 Å². The van der Waals surface area contributed by atoms with E-state index < -0.39 is 0 Å². The van der Waals surface area contributed by atoms with E-state index in [1.54, 1.807) is 0 Å². The minimum Gasteiger partial charge on any atom is -0.379 e. The molecule has 0 aromatic carbocycles. The third-order valence-electron chi connectivity index (χ3n) is 3.12. The van der Waals surface area contributed by atoms with Gasteiger partial charge in [0.25, 0.3) is 0 Å². The molecule has 3 nitrogen and oxygen atoms in total. The Morgan fingerprint density at radius 3 is 2.57 bits per heavy atom. The molecule has 2 aliphatic heterocycles. The van der Waals surface area contributed by atoms with E-state index in [1.807, 2.05) is 0 Å². The van der Waals surface area contributed by atoms with Crippen molar-refractivity contribution in [2.24, 2.45) is 0 Å². The summed E-state index contributed by atoms with van der Waals surface area (Å²) in [5.74, 6) is 0. The lowest BCUT2D eigenvalue weighted by Crippen LogP contribution is -2.41. The summed E-state index contributed by atoms with van der Waals surface area (Å²) < 4.78 is 11.3. The molecule has 3 heteroatoms. The summed E-state index contributed by atoms with van der Waals surface area (Å²) in [6.07, 6.45) is 2.86. The van der Waals surface area contributed by atoms with Gasteiger partial charge in [-0.05, 0) is 26.7 Å². The van der Waals surface area contributed by atoms with Gasteiger partial charge < -0.3 is 9.47 Å². The number of rotatable bonds is 2. The Labute approximate surface area is 86.4 Å². The maximum Gasteiger partial charge on any atom is 0.0710 e. The number of hydrogen-bond acceptors (Lipinski definition) is 3. The Morgan fingerprint density at radius 2 is 2.00 bits per heavy atom. The van der Waals surface area contributed by atoms with Crippen LogP contribution in [-0.2, 0) is 9.47 Å². The van der Waals surface area contributed by atoms with Gasteiger partial charge in [-0.2, -0.15) is 0 Å². The van der Waals surface area contributed by atoms with Crippen LogP contribution < -0.4 is 0 Å². The highest BCUT2D eigenvalue weighted by molar-refractivity contribution is 4.82. The summed E-state index contributed by atoms with van der Waals surface area (Å²) in [5, 5.41) is 0. The molecule has 2 heterocycles. The van der Waals surface area contributed by atoms with E-state index in [2.05, 4.69) is 18.7 Å². The fourth-order valence-corrected chi connectivity index (χ4v) is 2.28. The molecule has 0 bridgehead atoms. The zero-order chi connectivity index (χ0) is 10.0. The van der Waals surface area contributed by atoms with Crippen molar-refractivity contribution in [3.63, 3.8) is 0 Å². The standard InChI is InChI=1S/C11H21NO2/c1-11(2)4-3-10(14-11)9-12-5-7-13-8-6-12/h10H,3-9H2,1-2H3. The fourth-order valence-electron chi connectivity index (χ4n) is 2.28. The molecule has 14 heavy (non-hydrogen) atoms. The Hall–Kier alpha value is -0.120. The molecule has 2 rings (SSSR count). The van der Waals surface area contributed by atoms with Gasteiger partial charge in [-0.15, -0.1) is 0 Å². The van der Waals surface area contributed by atoms with Gasteiger partial charge in [-0.3, -0.25) is 4.90 Å². The second-order valence-corrected chi connectivity index (χ2v) is 4.95. The van der Waals surface area contributed by atoms with E-state index in [-0.39, 0.29) is 5.60 Å². The van der Waals surface area contributed by atoms with Crippen molar-refractivity contribution in [2.75, 3.05) is 32.8 Å². The van der Waals surface area contributed by atoms with Crippen LogP contribution in [0.1, 0.15) is 26.7 Å². The van der Waals surface area contributed by atoms with Crippen LogP contribution in [0.25, 0.3) is 0 Å². The Morgan fingerprint density at radius 1 is 1.29 bits per heavy atom. The SMILES string of the molecule is CC1(C)CCC(CN2CCOCC2)O1. The Bertz CT molecular complexity index is 188. The van der Waals surface area contributed by atoms with E-state index in [9.17, 15) is 0 Å². The van der Waals surface area contributed by atoms with Gasteiger partial charge in [-0.25, -0.2) is 0 Å². The largest absolute Gasteiger partial charge is 0.379 e. The summed E-state index contributed by atoms with van der Waals surface area (Å²) >= 11 is 0. The predicted molar refractivity (Wildman–Crippen MR) is 55.4 cm³/mol. The van der Waals surface area contributed by atoms with E-state index in [1.165, 1.54) is 12.8 Å². The third-order valence-corrected chi connectivity index (χ3v) is 3.12. The van der Waals surface area contributed by atoms with Crippen LogP contribution in [0.4, 0.5) is 0 Å². The molecule has 0 saturated carbocycles. The number of nitrogens with zero attached hydrogens (tertiary/aromatic N) is 1. The summed E-state index contributed by atoms with van der Waals surface area (Å²) in [7, 11) is 0. The molecule has 0 aromatic rings. The average Bonchev–Trinajstić information content (AvgIpc) is 2.47. The maximum atomic E-state index is 5.97. The van der Waals surface area contributed by atoms with E-state index in [0.29, 0.717) is 6.10 Å². The van der Waals surface area contributed by atoms with Crippen molar-refractivity contribution in [3.05, 3.63) is 0 Å². The first-order chi connectivity index (χ1) is 6.66. The number of ether oxygens (including phenoxy) is 2. The quantitative estimate of drug-likeness (QED) is 0.668. The summed E-state index contributed by atoms with van der Waals surface area (Å²) in [6, 6.07) is 0. The fraction of sp³-hybridized carbons (Fsp3) is 1.00. The van der Waals surface area contributed by atoms with Gasteiger partial charge in [0.15, 0.2) is 0 Å². The smallest absolute Gasteiger partial charge is 0.0710 e. The maximum absolute atomic E-state index is 5.97. The molecule has 0 aromatic heterocycles. The first kappa shape index (κ1) is 10.4. The first-order valence-electron chi connectivity index (χ1n) is 5.64. The normalized spacial score (nSPS) is 33.4. The molecule has 1 unspecified atom stereocenters. The van der Waals surface area contributed by atoms with Crippen molar-refractivity contribution in [1.29, 1.82) is 0 Å². The Balaban J connectivity index is 1.75. The van der Waals surface area contributed by atoms with Crippen molar-refractivity contribution in [1.82, 2.24) is 4.90 Å². The molecule has 0 aliphatic carbocycles. The van der Waals surface area contributed by atoms with Crippen LogP contribution in [0.15, 0.2) is 0 Å². The number of morpholine rings is 1. The molecule has 1 atom stereocenters. The highest BCUT2D eigenvalue weighted by Gasteiger charge is 2.32. The molecule has 2 saturated heterocycles. The van der Waals surface area contributed by atoms with Crippen molar-refractivity contribution >= 4 is 0 Å². The minimum absolute atomic E-state index is 0.108. The van der Waals surface area contributed by atoms with Crippen molar-refractivity contribution < 1.29 is 9.47 Å².